The average Bonchev–Trinajstić information content (AvgIpc) is 2.27. The number of nitrogens with zero attached hydrogens (tertiary/aromatic N) is 1. The van der Waals surface area contributed by atoms with E-state index >= 15 is 0 Å². The minimum Gasteiger partial charge on any atom is -0.290 e. The summed E-state index contributed by atoms with van der Waals surface area (Å²) >= 11 is 0. The molecule has 86 valence electrons. The molecule has 3 nitrogen and oxygen atoms in total. The summed E-state index contributed by atoms with van der Waals surface area (Å²) in [6.07, 6.45) is -5.27. The summed E-state index contributed by atoms with van der Waals surface area (Å²) in [6.45, 7) is 1.64. The standard InChI is InChI=1S/C10H8F3NO2/c1-5-2-3-6(4-14-5)8(15)7(11)9(16)10(12)13/h2-4,7,10H,1H3. The zero-order chi connectivity index (χ0) is 12.3. The summed E-state index contributed by atoms with van der Waals surface area (Å²) in [5.41, 5.74) is 0.388. The van der Waals surface area contributed by atoms with E-state index in [0.29, 0.717) is 5.69 Å². The summed E-state index contributed by atoms with van der Waals surface area (Å²) in [4.78, 5) is 25.5. The molecule has 1 unspecified atom stereocenters. The van der Waals surface area contributed by atoms with E-state index in [9.17, 15) is 22.8 Å². The molecular formula is C10H8F3NO2. The highest BCUT2D eigenvalue weighted by atomic mass is 19.3. The molecule has 0 saturated carbocycles. The van der Waals surface area contributed by atoms with Gasteiger partial charge in [0.15, 0.2) is 0 Å². The zero-order valence-electron chi connectivity index (χ0n) is 8.28. The van der Waals surface area contributed by atoms with Crippen molar-refractivity contribution in [2.75, 3.05) is 0 Å². The third kappa shape index (κ3) is 2.65. The second kappa shape index (κ2) is 4.87. The largest absolute Gasteiger partial charge is 0.299 e. The molecule has 1 aromatic heterocycles. The maximum Gasteiger partial charge on any atom is 0.299 e. The van der Waals surface area contributed by atoms with Gasteiger partial charge in [-0.3, -0.25) is 14.6 Å². The summed E-state index contributed by atoms with van der Waals surface area (Å²) in [6, 6.07) is 2.66. The fourth-order valence-electron chi connectivity index (χ4n) is 1.000. The van der Waals surface area contributed by atoms with Crippen molar-refractivity contribution < 1.29 is 22.8 Å². The van der Waals surface area contributed by atoms with Crippen LogP contribution in [-0.4, -0.2) is 29.1 Å². The van der Waals surface area contributed by atoms with Crippen molar-refractivity contribution in [3.63, 3.8) is 0 Å². The third-order valence-corrected chi connectivity index (χ3v) is 1.89. The Morgan fingerprint density at radius 3 is 2.31 bits per heavy atom. The number of carbonyl (C=O) groups excluding carboxylic acids is 2. The van der Waals surface area contributed by atoms with Crippen LogP contribution in [0.3, 0.4) is 0 Å². The molecule has 0 aromatic carbocycles. The topological polar surface area (TPSA) is 47.0 Å². The quantitative estimate of drug-likeness (QED) is 0.585. The van der Waals surface area contributed by atoms with Crippen molar-refractivity contribution in [2.24, 2.45) is 0 Å². The second-order valence-corrected chi connectivity index (χ2v) is 3.12. The number of Topliss-reactive ketones (excluding diaryl/α,β-unsaturated/α-hetero) is 2. The van der Waals surface area contributed by atoms with Crippen molar-refractivity contribution in [1.29, 1.82) is 0 Å². The minimum absolute atomic E-state index is 0.202. The lowest BCUT2D eigenvalue weighted by molar-refractivity contribution is -0.132. The number of pyridine rings is 1. The summed E-state index contributed by atoms with van der Waals surface area (Å²) in [5, 5.41) is 0. The molecule has 0 spiro atoms. The Kier molecular flexibility index (Phi) is 3.76. The van der Waals surface area contributed by atoms with E-state index in [1.165, 1.54) is 12.1 Å². The van der Waals surface area contributed by atoms with Crippen LogP contribution in [-0.2, 0) is 4.79 Å². The van der Waals surface area contributed by atoms with E-state index in [0.717, 1.165) is 6.20 Å². The number of halogens is 3. The first-order chi connectivity index (χ1) is 7.43. The summed E-state index contributed by atoms with van der Waals surface area (Å²) < 4.78 is 36.7. The number of hydrogen-bond donors (Lipinski definition) is 0. The van der Waals surface area contributed by atoms with E-state index in [4.69, 9.17) is 0 Å². The fourth-order valence-corrected chi connectivity index (χ4v) is 1.000. The predicted molar refractivity (Wildman–Crippen MR) is 49.2 cm³/mol. The monoisotopic (exact) mass is 231 g/mol. The van der Waals surface area contributed by atoms with Crippen LogP contribution in [0.15, 0.2) is 18.3 Å². The van der Waals surface area contributed by atoms with Gasteiger partial charge < -0.3 is 0 Å². The number of carbonyl (C=O) groups is 2. The highest BCUT2D eigenvalue weighted by Crippen LogP contribution is 2.10. The lowest BCUT2D eigenvalue weighted by Gasteiger charge is -2.05. The van der Waals surface area contributed by atoms with Gasteiger partial charge >= 0.3 is 0 Å². The minimum atomic E-state index is -3.49. The second-order valence-electron chi connectivity index (χ2n) is 3.12. The summed E-state index contributed by atoms with van der Waals surface area (Å²) in [7, 11) is 0. The van der Waals surface area contributed by atoms with E-state index in [-0.39, 0.29) is 5.56 Å². The lowest BCUT2D eigenvalue weighted by atomic mass is 10.1. The fraction of sp³-hybridized carbons (Fsp3) is 0.300. The van der Waals surface area contributed by atoms with Crippen LogP contribution in [0.5, 0.6) is 0 Å². The molecule has 1 heterocycles. The van der Waals surface area contributed by atoms with Crippen LogP contribution in [0.2, 0.25) is 0 Å². The highest BCUT2D eigenvalue weighted by Gasteiger charge is 2.33. The van der Waals surface area contributed by atoms with Gasteiger partial charge in [-0.15, -0.1) is 0 Å². The molecule has 1 aromatic rings. The normalized spacial score (nSPS) is 12.6. The smallest absolute Gasteiger partial charge is 0.290 e. The number of aromatic nitrogens is 1. The number of alkyl halides is 3. The van der Waals surface area contributed by atoms with Gasteiger partial charge in [-0.25, -0.2) is 13.2 Å². The van der Waals surface area contributed by atoms with Gasteiger partial charge in [0.1, 0.15) is 0 Å². The van der Waals surface area contributed by atoms with Gasteiger partial charge in [-0.1, -0.05) is 0 Å². The van der Waals surface area contributed by atoms with Gasteiger partial charge in [0.2, 0.25) is 17.7 Å². The molecule has 0 aliphatic heterocycles. The number of aryl methyl sites for hydroxylation is 1. The van der Waals surface area contributed by atoms with Crippen molar-refractivity contribution >= 4 is 11.6 Å². The maximum absolute atomic E-state index is 13.0. The molecule has 0 aliphatic rings. The summed E-state index contributed by atoms with van der Waals surface area (Å²) in [5.74, 6) is -3.32. The number of rotatable bonds is 4. The van der Waals surface area contributed by atoms with Gasteiger partial charge in [-0.05, 0) is 19.1 Å². The molecule has 0 amide bonds. The molecule has 1 atom stereocenters. The third-order valence-electron chi connectivity index (χ3n) is 1.89. The van der Waals surface area contributed by atoms with Crippen LogP contribution in [0.1, 0.15) is 16.1 Å². The molecule has 0 saturated heterocycles. The van der Waals surface area contributed by atoms with Crippen LogP contribution in [0.25, 0.3) is 0 Å². The molecular weight excluding hydrogens is 223 g/mol. The lowest BCUT2D eigenvalue weighted by Crippen LogP contribution is -2.30. The molecule has 6 heteroatoms. The first-order valence-corrected chi connectivity index (χ1v) is 4.36. The Balaban J connectivity index is 2.86. The van der Waals surface area contributed by atoms with Crippen molar-refractivity contribution in [1.82, 2.24) is 4.98 Å². The van der Waals surface area contributed by atoms with Crippen molar-refractivity contribution in [3.05, 3.63) is 29.6 Å². The molecule has 0 N–H and O–H groups in total. The first-order valence-electron chi connectivity index (χ1n) is 4.36. The Hall–Kier alpha value is -1.72. The Bertz CT molecular complexity index is 403. The molecule has 0 aliphatic carbocycles. The van der Waals surface area contributed by atoms with Crippen molar-refractivity contribution in [2.45, 2.75) is 19.5 Å². The van der Waals surface area contributed by atoms with Gasteiger partial charge in [0.25, 0.3) is 6.43 Å². The molecule has 0 bridgehead atoms. The van der Waals surface area contributed by atoms with Gasteiger partial charge in [-0.2, -0.15) is 0 Å². The maximum atomic E-state index is 13.0. The average molecular weight is 231 g/mol. The molecule has 16 heavy (non-hydrogen) atoms. The van der Waals surface area contributed by atoms with Crippen LogP contribution in [0.4, 0.5) is 13.2 Å². The Labute approximate surface area is 89.3 Å². The van der Waals surface area contributed by atoms with E-state index in [1.807, 2.05) is 0 Å². The first kappa shape index (κ1) is 12.4. The van der Waals surface area contributed by atoms with Crippen LogP contribution >= 0.6 is 0 Å². The van der Waals surface area contributed by atoms with Crippen LogP contribution < -0.4 is 0 Å². The number of hydrogen-bond acceptors (Lipinski definition) is 3. The van der Waals surface area contributed by atoms with E-state index in [1.54, 1.807) is 6.92 Å². The molecule has 0 radical (unpaired) electrons. The Morgan fingerprint density at radius 2 is 1.88 bits per heavy atom. The van der Waals surface area contributed by atoms with Crippen molar-refractivity contribution in [3.8, 4) is 0 Å². The highest BCUT2D eigenvalue weighted by molar-refractivity contribution is 6.13. The SMILES string of the molecule is Cc1ccc(C(=O)C(F)C(=O)C(F)F)cn1. The molecule has 0 fully saturated rings. The predicted octanol–water partition coefficient (Wildman–Crippen LogP) is 1.75. The van der Waals surface area contributed by atoms with Gasteiger partial charge in [0.05, 0.1) is 0 Å². The van der Waals surface area contributed by atoms with E-state index in [2.05, 4.69) is 4.98 Å². The number of ketones is 2. The van der Waals surface area contributed by atoms with Crippen LogP contribution in [0, 0.1) is 6.92 Å². The van der Waals surface area contributed by atoms with E-state index < -0.39 is 24.2 Å². The van der Waals surface area contributed by atoms with Gasteiger partial charge in [0, 0.05) is 17.5 Å². The Morgan fingerprint density at radius 1 is 1.25 bits per heavy atom. The zero-order valence-corrected chi connectivity index (χ0v) is 8.28. The molecule has 1 rings (SSSR count).